The van der Waals surface area contributed by atoms with E-state index in [0.717, 1.165) is 25.2 Å². The first-order valence-electron chi connectivity index (χ1n) is 15.0. The third kappa shape index (κ3) is 7.74. The van der Waals surface area contributed by atoms with Crippen molar-refractivity contribution in [1.82, 2.24) is 9.80 Å². The van der Waals surface area contributed by atoms with Crippen molar-refractivity contribution < 1.29 is 39.9 Å². The fourth-order valence-corrected chi connectivity index (χ4v) is 8.03. The number of ether oxygens (including phenoxy) is 1. The maximum Gasteiger partial charge on any atom is 0.407 e. The molecule has 1 amide bonds. The molecule has 2 aromatic rings. The molecular weight excluding hydrogens is 641 g/mol. The van der Waals surface area contributed by atoms with Gasteiger partial charge in [-0.05, 0) is 73.4 Å². The number of nitrogens with zero attached hydrogens (tertiary/aromatic N) is 3. The molecule has 2 atom stereocenters. The molecule has 0 N–H and O–H groups in total. The van der Waals surface area contributed by atoms with Crippen molar-refractivity contribution in [2.75, 3.05) is 56.5 Å². The molecule has 3 heterocycles. The Morgan fingerprint density at radius 3 is 2.29 bits per heavy atom. The number of sulfonamides is 1. The monoisotopic (exact) mass is 677 g/mol. The van der Waals surface area contributed by atoms with Gasteiger partial charge in [0.05, 0.1) is 17.9 Å². The standard InChI is InChI=1S/C31H37ClF5N3O4S/c1-19-13-29(40(45(2,42)43)18-31(35,36)37)24(15-27(19)32)20-5-9-38(10-6-20)30(41)26-17-39(22-7-11-44-12-8-22)16-25(26)23-4-3-21(33)14-28(23)34/h3-4,13-15,20,22,25-26H,5-12,16-18H2,1-2H3/t25-,26+/m0/s1. The van der Waals surface area contributed by atoms with Gasteiger partial charge in [0.1, 0.15) is 18.2 Å². The Morgan fingerprint density at radius 1 is 1.02 bits per heavy atom. The molecular formula is C31H37ClF5N3O4S. The normalized spacial score (nSPS) is 22.6. The molecule has 2 aromatic carbocycles. The minimum Gasteiger partial charge on any atom is -0.381 e. The van der Waals surface area contributed by atoms with E-state index in [0.29, 0.717) is 65.2 Å². The van der Waals surface area contributed by atoms with E-state index in [4.69, 9.17) is 16.3 Å². The molecule has 14 heteroatoms. The highest BCUT2D eigenvalue weighted by Crippen LogP contribution is 2.42. The van der Waals surface area contributed by atoms with E-state index in [-0.39, 0.29) is 36.6 Å². The van der Waals surface area contributed by atoms with Crippen molar-refractivity contribution in [3.05, 3.63) is 63.7 Å². The van der Waals surface area contributed by atoms with Crippen LogP contribution >= 0.6 is 11.6 Å². The number of likely N-dealkylation sites (tertiary alicyclic amines) is 2. The summed E-state index contributed by atoms with van der Waals surface area (Å²) in [6.07, 6.45) is -1.71. The minimum absolute atomic E-state index is 0.0729. The average Bonchev–Trinajstić information content (AvgIpc) is 3.41. The zero-order valence-electron chi connectivity index (χ0n) is 25.1. The number of anilines is 1. The highest BCUT2D eigenvalue weighted by molar-refractivity contribution is 7.92. The number of rotatable bonds is 7. The number of hydrogen-bond donors (Lipinski definition) is 0. The zero-order chi connectivity index (χ0) is 32.7. The first-order chi connectivity index (χ1) is 21.1. The predicted octanol–water partition coefficient (Wildman–Crippen LogP) is 5.86. The number of carbonyl (C=O) groups excluding carboxylic acids is 1. The molecule has 3 fully saturated rings. The van der Waals surface area contributed by atoms with E-state index in [2.05, 4.69) is 4.90 Å². The molecule has 3 aliphatic heterocycles. The largest absolute Gasteiger partial charge is 0.407 e. The number of halogens is 6. The summed E-state index contributed by atoms with van der Waals surface area (Å²) in [5.41, 5.74) is 1.04. The molecule has 45 heavy (non-hydrogen) atoms. The molecule has 248 valence electrons. The van der Waals surface area contributed by atoms with Gasteiger partial charge in [0, 0.05) is 62.4 Å². The number of alkyl halides is 3. The van der Waals surface area contributed by atoms with Crippen molar-refractivity contribution in [2.24, 2.45) is 5.92 Å². The van der Waals surface area contributed by atoms with E-state index < -0.39 is 46.2 Å². The molecule has 0 spiro atoms. The van der Waals surface area contributed by atoms with E-state index in [1.807, 2.05) is 0 Å². The number of amides is 1. The molecule has 0 saturated carbocycles. The lowest BCUT2D eigenvalue weighted by atomic mass is 9.85. The van der Waals surface area contributed by atoms with Gasteiger partial charge in [-0.3, -0.25) is 14.0 Å². The lowest BCUT2D eigenvalue weighted by molar-refractivity contribution is -0.136. The molecule has 3 saturated heterocycles. The van der Waals surface area contributed by atoms with E-state index in [1.54, 1.807) is 11.8 Å². The van der Waals surface area contributed by atoms with Crippen LogP contribution in [-0.2, 0) is 19.6 Å². The summed E-state index contributed by atoms with van der Waals surface area (Å²) in [5, 5.41) is 0.302. The smallest absolute Gasteiger partial charge is 0.381 e. The number of benzene rings is 2. The van der Waals surface area contributed by atoms with Crippen molar-refractivity contribution in [3.63, 3.8) is 0 Å². The Hall–Kier alpha value is -2.48. The van der Waals surface area contributed by atoms with Crippen LogP contribution in [0, 0.1) is 24.5 Å². The lowest BCUT2D eigenvalue weighted by Crippen LogP contribution is -2.44. The van der Waals surface area contributed by atoms with Gasteiger partial charge in [-0.15, -0.1) is 0 Å². The summed E-state index contributed by atoms with van der Waals surface area (Å²) in [7, 11) is -4.29. The first kappa shape index (κ1) is 33.9. The molecule has 0 aliphatic carbocycles. The van der Waals surface area contributed by atoms with Gasteiger partial charge in [-0.25, -0.2) is 17.2 Å². The fraction of sp³-hybridized carbons (Fsp3) is 0.581. The lowest BCUT2D eigenvalue weighted by Gasteiger charge is -2.37. The Kier molecular flexibility index (Phi) is 10.0. The van der Waals surface area contributed by atoms with Crippen LogP contribution in [0.5, 0.6) is 0 Å². The Labute approximate surface area is 265 Å². The van der Waals surface area contributed by atoms with Gasteiger partial charge in [-0.1, -0.05) is 17.7 Å². The summed E-state index contributed by atoms with van der Waals surface area (Å²) in [4.78, 5) is 17.9. The van der Waals surface area contributed by atoms with Gasteiger partial charge >= 0.3 is 6.18 Å². The molecule has 3 aliphatic rings. The Morgan fingerprint density at radius 2 is 1.69 bits per heavy atom. The molecule has 0 aromatic heterocycles. The van der Waals surface area contributed by atoms with Crippen molar-refractivity contribution in [3.8, 4) is 0 Å². The SMILES string of the molecule is Cc1cc(N(CC(F)(F)F)S(C)(=O)=O)c(C2CCN(C(=O)[C@@H]3CN(C4CCOCC4)C[C@H]3c3ccc(F)cc3F)CC2)cc1Cl. The van der Waals surface area contributed by atoms with Crippen LogP contribution in [0.2, 0.25) is 5.02 Å². The third-order valence-electron chi connectivity index (χ3n) is 9.28. The van der Waals surface area contributed by atoms with Crippen molar-refractivity contribution >= 4 is 33.2 Å². The van der Waals surface area contributed by atoms with Gasteiger partial charge in [0.2, 0.25) is 15.9 Å². The molecule has 0 bridgehead atoms. The summed E-state index contributed by atoms with van der Waals surface area (Å²) in [6.45, 7) is 2.55. The third-order valence-corrected chi connectivity index (χ3v) is 10.8. The maximum atomic E-state index is 15.0. The van der Waals surface area contributed by atoms with Gasteiger partial charge in [-0.2, -0.15) is 13.2 Å². The van der Waals surface area contributed by atoms with Crippen LogP contribution in [0.4, 0.5) is 27.6 Å². The summed E-state index contributed by atoms with van der Waals surface area (Å²) >= 11 is 6.38. The first-order valence-corrected chi connectivity index (χ1v) is 17.2. The number of carbonyl (C=O) groups is 1. The van der Waals surface area contributed by atoms with Crippen LogP contribution < -0.4 is 4.31 Å². The van der Waals surface area contributed by atoms with Crippen LogP contribution in [0.25, 0.3) is 0 Å². The molecule has 0 radical (unpaired) electrons. The van der Waals surface area contributed by atoms with Crippen LogP contribution in [0.1, 0.15) is 54.2 Å². The minimum atomic E-state index is -4.77. The second-order valence-electron chi connectivity index (χ2n) is 12.3. The van der Waals surface area contributed by atoms with E-state index in [9.17, 15) is 30.8 Å². The van der Waals surface area contributed by atoms with E-state index in [1.165, 1.54) is 24.3 Å². The predicted molar refractivity (Wildman–Crippen MR) is 161 cm³/mol. The van der Waals surface area contributed by atoms with Crippen LogP contribution in [-0.4, -0.2) is 88.5 Å². The second kappa shape index (κ2) is 13.3. The fourth-order valence-electron chi connectivity index (χ4n) is 6.96. The average molecular weight is 678 g/mol. The number of hydrogen-bond acceptors (Lipinski definition) is 5. The van der Waals surface area contributed by atoms with Gasteiger partial charge in [0.15, 0.2) is 0 Å². The molecule has 5 rings (SSSR count). The van der Waals surface area contributed by atoms with Crippen molar-refractivity contribution in [2.45, 2.75) is 56.7 Å². The second-order valence-corrected chi connectivity index (χ2v) is 14.6. The quantitative estimate of drug-likeness (QED) is 0.344. The zero-order valence-corrected chi connectivity index (χ0v) is 26.7. The summed E-state index contributed by atoms with van der Waals surface area (Å²) < 4.78 is 100. The molecule has 0 unspecified atom stereocenters. The molecule has 7 nitrogen and oxygen atoms in total. The highest BCUT2D eigenvalue weighted by atomic mass is 35.5. The Bertz CT molecular complexity index is 1510. The number of piperidine rings is 1. The topological polar surface area (TPSA) is 70.2 Å². The van der Waals surface area contributed by atoms with Crippen LogP contribution in [0.3, 0.4) is 0 Å². The summed E-state index contributed by atoms with van der Waals surface area (Å²) in [5.74, 6) is -2.95. The highest BCUT2D eigenvalue weighted by Gasteiger charge is 2.44. The van der Waals surface area contributed by atoms with E-state index >= 15 is 4.39 Å². The van der Waals surface area contributed by atoms with Gasteiger partial charge in [0.25, 0.3) is 0 Å². The summed E-state index contributed by atoms with van der Waals surface area (Å²) in [6, 6.07) is 6.53. The Balaban J connectivity index is 1.37. The maximum absolute atomic E-state index is 15.0. The van der Waals surface area contributed by atoms with Gasteiger partial charge < -0.3 is 9.64 Å². The van der Waals surface area contributed by atoms with Crippen molar-refractivity contribution in [1.29, 1.82) is 0 Å². The number of aryl methyl sites for hydroxylation is 1. The van der Waals surface area contributed by atoms with Crippen LogP contribution in [0.15, 0.2) is 30.3 Å².